The summed E-state index contributed by atoms with van der Waals surface area (Å²) in [5.74, 6) is 1.83. The van der Waals surface area contributed by atoms with Crippen LogP contribution in [0.15, 0.2) is 60.4 Å². The Hall–Kier alpha value is -2.07. The van der Waals surface area contributed by atoms with Crippen LogP contribution >= 0.6 is 7.60 Å². The van der Waals surface area contributed by atoms with Crippen LogP contribution in [0.4, 0.5) is 0 Å². The first-order valence-electron chi connectivity index (χ1n) is 8.81. The lowest BCUT2D eigenvalue weighted by Gasteiger charge is -2.35. The van der Waals surface area contributed by atoms with Gasteiger partial charge in [-0.25, -0.2) is 0 Å². The van der Waals surface area contributed by atoms with Crippen LogP contribution in [0.2, 0.25) is 0 Å². The first kappa shape index (κ1) is 19.7. The molecule has 1 fully saturated rings. The lowest BCUT2D eigenvalue weighted by atomic mass is 9.97. The van der Waals surface area contributed by atoms with E-state index in [1.165, 1.54) is 0 Å². The third-order valence-electron chi connectivity index (χ3n) is 4.24. The summed E-state index contributed by atoms with van der Waals surface area (Å²) in [6.07, 6.45) is 0. The molecule has 0 saturated carbocycles. The van der Waals surface area contributed by atoms with Gasteiger partial charge in [0.15, 0.2) is 0 Å². The van der Waals surface area contributed by atoms with Crippen LogP contribution in [0.3, 0.4) is 0 Å². The van der Waals surface area contributed by atoms with Gasteiger partial charge in [0.1, 0.15) is 22.6 Å². The number of benzene rings is 2. The fourth-order valence-electron chi connectivity index (χ4n) is 2.75. The molecule has 1 heterocycles. The fourth-order valence-corrected chi connectivity index (χ4v) is 5.01. The summed E-state index contributed by atoms with van der Waals surface area (Å²) in [5, 5.41) is 0.453. The van der Waals surface area contributed by atoms with Crippen LogP contribution < -0.4 is 9.47 Å². The van der Waals surface area contributed by atoms with Crippen molar-refractivity contribution in [3.05, 3.63) is 65.9 Å². The molecule has 5 nitrogen and oxygen atoms in total. The third-order valence-corrected chi connectivity index (χ3v) is 6.29. The molecule has 0 radical (unpaired) electrons. The summed E-state index contributed by atoms with van der Waals surface area (Å²) in [6.45, 7) is 6.53. The van der Waals surface area contributed by atoms with Gasteiger partial charge in [-0.15, -0.1) is 0 Å². The maximum absolute atomic E-state index is 13.6. The van der Waals surface area contributed by atoms with Gasteiger partial charge in [0.2, 0.25) is 0 Å². The SMILES string of the molecule is COc1ccc(O/C(C)=C(\c2ccccc2)P2(=O)OCC(C)(C)CO2)cc1. The highest BCUT2D eigenvalue weighted by molar-refractivity contribution is 7.65. The van der Waals surface area contributed by atoms with Crippen molar-refractivity contribution in [3.63, 3.8) is 0 Å². The first-order valence-corrected chi connectivity index (χ1v) is 10.4. The third kappa shape index (κ3) is 4.62. The van der Waals surface area contributed by atoms with Gasteiger partial charge in [0.05, 0.1) is 20.3 Å². The van der Waals surface area contributed by atoms with Gasteiger partial charge < -0.3 is 18.5 Å². The van der Waals surface area contributed by atoms with E-state index in [0.717, 1.165) is 11.3 Å². The molecule has 0 bridgehead atoms. The normalized spacial score (nSPS) is 19.1. The fraction of sp³-hybridized carbons (Fsp3) is 0.333. The number of methoxy groups -OCH3 is 1. The van der Waals surface area contributed by atoms with Crippen LogP contribution in [-0.4, -0.2) is 20.3 Å². The number of rotatable bonds is 5. The maximum atomic E-state index is 13.6. The average Bonchev–Trinajstić information content (AvgIpc) is 2.66. The molecule has 0 aliphatic carbocycles. The molecule has 0 atom stereocenters. The van der Waals surface area contributed by atoms with Crippen molar-refractivity contribution in [2.75, 3.05) is 20.3 Å². The topological polar surface area (TPSA) is 54.0 Å². The number of hydrogen-bond donors (Lipinski definition) is 0. The van der Waals surface area contributed by atoms with Crippen molar-refractivity contribution in [3.8, 4) is 11.5 Å². The smallest absolute Gasteiger partial charge is 0.365 e. The van der Waals surface area contributed by atoms with Crippen molar-refractivity contribution in [1.29, 1.82) is 0 Å². The Balaban J connectivity index is 1.98. The molecule has 0 N–H and O–H groups in total. The summed E-state index contributed by atoms with van der Waals surface area (Å²) in [4.78, 5) is 0. The molecule has 0 unspecified atom stereocenters. The quantitative estimate of drug-likeness (QED) is 0.484. The zero-order valence-electron chi connectivity index (χ0n) is 16.1. The molecule has 3 rings (SSSR count). The van der Waals surface area contributed by atoms with Crippen molar-refractivity contribution in [1.82, 2.24) is 0 Å². The second-order valence-electron chi connectivity index (χ2n) is 7.26. The Bertz CT molecular complexity index is 842. The van der Waals surface area contributed by atoms with Gasteiger partial charge in [-0.3, -0.25) is 4.57 Å². The minimum Gasteiger partial charge on any atom is -0.497 e. The van der Waals surface area contributed by atoms with Gasteiger partial charge in [0.25, 0.3) is 0 Å². The largest absolute Gasteiger partial charge is 0.497 e. The van der Waals surface area contributed by atoms with Crippen molar-refractivity contribution in [2.24, 2.45) is 5.41 Å². The van der Waals surface area contributed by atoms with E-state index in [4.69, 9.17) is 18.5 Å². The Morgan fingerprint density at radius 2 is 1.52 bits per heavy atom. The second-order valence-corrected chi connectivity index (χ2v) is 9.22. The van der Waals surface area contributed by atoms with Crippen LogP contribution in [0.5, 0.6) is 11.5 Å². The second kappa shape index (κ2) is 7.89. The highest BCUT2D eigenvalue weighted by Crippen LogP contribution is 2.64. The van der Waals surface area contributed by atoms with Gasteiger partial charge in [-0.05, 0) is 36.8 Å². The molecule has 1 aliphatic heterocycles. The van der Waals surface area contributed by atoms with Crippen LogP contribution in [0, 0.1) is 5.41 Å². The minimum absolute atomic E-state index is 0.180. The lowest BCUT2D eigenvalue weighted by molar-refractivity contribution is 0.0465. The molecule has 0 aromatic heterocycles. The highest BCUT2D eigenvalue weighted by Gasteiger charge is 2.41. The molecule has 144 valence electrons. The molecule has 1 saturated heterocycles. The van der Waals surface area contributed by atoms with E-state index in [1.807, 2.05) is 56.3 Å². The molecule has 0 amide bonds. The van der Waals surface area contributed by atoms with Crippen LogP contribution in [0.25, 0.3) is 5.31 Å². The highest BCUT2D eigenvalue weighted by atomic mass is 31.2. The average molecular weight is 388 g/mol. The molecule has 2 aromatic carbocycles. The predicted octanol–water partition coefficient (Wildman–Crippen LogP) is 5.73. The summed E-state index contributed by atoms with van der Waals surface area (Å²) in [6, 6.07) is 16.6. The molecule has 6 heteroatoms. The van der Waals surface area contributed by atoms with E-state index in [0.29, 0.717) is 30.0 Å². The summed E-state index contributed by atoms with van der Waals surface area (Å²) >= 11 is 0. The number of allylic oxidation sites excluding steroid dienone is 1. The Morgan fingerprint density at radius 3 is 2.07 bits per heavy atom. The number of hydrogen-bond acceptors (Lipinski definition) is 5. The molecule has 27 heavy (non-hydrogen) atoms. The van der Waals surface area contributed by atoms with Crippen LogP contribution in [0.1, 0.15) is 26.3 Å². The molecule has 1 aliphatic rings. The van der Waals surface area contributed by atoms with Gasteiger partial charge in [0, 0.05) is 5.41 Å². The van der Waals surface area contributed by atoms with Gasteiger partial charge in [-0.2, -0.15) is 0 Å². The van der Waals surface area contributed by atoms with E-state index in [1.54, 1.807) is 26.2 Å². The zero-order chi connectivity index (χ0) is 19.5. The first-order chi connectivity index (χ1) is 12.8. The molecular formula is C21H25O5P. The molecule has 2 aromatic rings. The van der Waals surface area contributed by atoms with Crippen molar-refractivity contribution < 1.29 is 23.1 Å². The zero-order valence-corrected chi connectivity index (χ0v) is 17.0. The molecule has 0 spiro atoms. The summed E-state index contributed by atoms with van der Waals surface area (Å²) in [7, 11) is -1.89. The number of ether oxygens (including phenoxy) is 2. The molecular weight excluding hydrogens is 363 g/mol. The van der Waals surface area contributed by atoms with Gasteiger partial charge >= 0.3 is 7.60 Å². The monoisotopic (exact) mass is 388 g/mol. The van der Waals surface area contributed by atoms with Crippen LogP contribution in [-0.2, 0) is 13.6 Å². The van der Waals surface area contributed by atoms with Gasteiger partial charge in [-0.1, -0.05) is 44.2 Å². The van der Waals surface area contributed by atoms with Crippen molar-refractivity contribution in [2.45, 2.75) is 20.8 Å². The van der Waals surface area contributed by atoms with E-state index in [-0.39, 0.29) is 5.41 Å². The summed E-state index contributed by atoms with van der Waals surface area (Å²) < 4.78 is 36.2. The Morgan fingerprint density at radius 1 is 0.963 bits per heavy atom. The summed E-state index contributed by atoms with van der Waals surface area (Å²) in [5.41, 5.74) is 0.576. The standard InChI is InChI=1S/C21H25O5P/c1-16(26-19-12-10-18(23-4)11-13-19)20(17-8-6-5-7-9-17)27(22)24-14-21(2,3)15-25-27/h5-13H,14-15H2,1-4H3/b20-16+. The van der Waals surface area contributed by atoms with E-state index in [2.05, 4.69) is 0 Å². The van der Waals surface area contributed by atoms with Crippen molar-refractivity contribution >= 4 is 12.9 Å². The maximum Gasteiger partial charge on any atom is 0.365 e. The van der Waals surface area contributed by atoms with E-state index in [9.17, 15) is 4.57 Å². The predicted molar refractivity (Wildman–Crippen MR) is 106 cm³/mol. The Kier molecular flexibility index (Phi) is 5.75. The minimum atomic E-state index is -3.50. The Labute approximate surface area is 160 Å². The lowest BCUT2D eigenvalue weighted by Crippen LogP contribution is -2.29. The van der Waals surface area contributed by atoms with E-state index >= 15 is 0 Å². The van der Waals surface area contributed by atoms with E-state index < -0.39 is 7.60 Å².